The maximum atomic E-state index is 14.4. The van der Waals surface area contributed by atoms with E-state index in [4.69, 9.17) is 16.3 Å². The predicted octanol–water partition coefficient (Wildman–Crippen LogP) is 3.50. The third kappa shape index (κ3) is 4.31. The van der Waals surface area contributed by atoms with E-state index in [-0.39, 0.29) is 29.1 Å². The van der Waals surface area contributed by atoms with Gasteiger partial charge in [-0.3, -0.25) is 4.79 Å². The van der Waals surface area contributed by atoms with Crippen molar-refractivity contribution >= 4 is 29.2 Å². The smallest absolute Gasteiger partial charge is 0.331 e. The number of rotatable bonds is 5. The zero-order chi connectivity index (χ0) is 25.4. The van der Waals surface area contributed by atoms with Gasteiger partial charge in [0.1, 0.15) is 5.69 Å². The number of aliphatic carboxylic acids is 1. The zero-order valence-corrected chi connectivity index (χ0v) is 20.4. The molecule has 3 heterocycles. The van der Waals surface area contributed by atoms with Gasteiger partial charge < -0.3 is 19.6 Å². The molecule has 1 fully saturated rings. The van der Waals surface area contributed by atoms with E-state index in [1.165, 1.54) is 23.2 Å². The third-order valence-electron chi connectivity index (χ3n) is 6.90. The molecule has 2 aliphatic heterocycles. The molecule has 9 nitrogen and oxygen atoms in total. The Morgan fingerprint density at radius 3 is 2.56 bits per heavy atom. The highest BCUT2D eigenvalue weighted by atomic mass is 35.5. The molecule has 2 aliphatic rings. The highest BCUT2D eigenvalue weighted by Gasteiger charge is 2.39. The minimum absolute atomic E-state index is 0.0368. The number of halogens is 2. The average Bonchev–Trinajstić information content (AvgIpc) is 3.39. The van der Waals surface area contributed by atoms with Gasteiger partial charge in [0.25, 0.3) is 5.91 Å². The second-order valence-electron chi connectivity index (χ2n) is 8.88. The Labute approximate surface area is 212 Å². The Morgan fingerprint density at radius 2 is 1.83 bits per heavy atom. The summed E-state index contributed by atoms with van der Waals surface area (Å²) in [6.07, 6.45) is 3.81. The lowest BCUT2D eigenvalue weighted by atomic mass is 9.90. The van der Waals surface area contributed by atoms with Crippen LogP contribution in [0.5, 0.6) is 0 Å². The number of ether oxygens (including phenoxy) is 1. The second-order valence-corrected chi connectivity index (χ2v) is 9.28. The van der Waals surface area contributed by atoms with Crippen LogP contribution in [0.3, 0.4) is 0 Å². The summed E-state index contributed by atoms with van der Waals surface area (Å²) in [5, 5.41) is 17.8. The predicted molar refractivity (Wildman–Crippen MR) is 130 cm³/mol. The fourth-order valence-corrected chi connectivity index (χ4v) is 5.23. The number of carboxylic acids is 1. The number of fused-ring (bicyclic) bond motifs is 1. The van der Waals surface area contributed by atoms with Crippen molar-refractivity contribution in [3.05, 3.63) is 70.3 Å². The van der Waals surface area contributed by atoms with Crippen molar-refractivity contribution in [3.63, 3.8) is 0 Å². The van der Waals surface area contributed by atoms with Gasteiger partial charge in [-0.2, -0.15) is 0 Å². The first-order chi connectivity index (χ1) is 17.4. The molecule has 36 heavy (non-hydrogen) atoms. The van der Waals surface area contributed by atoms with E-state index < -0.39 is 23.7 Å². The van der Waals surface area contributed by atoms with Crippen LogP contribution in [0.15, 0.2) is 42.6 Å². The Bertz CT molecular complexity index is 1310. The highest BCUT2D eigenvalue weighted by molar-refractivity contribution is 6.30. The van der Waals surface area contributed by atoms with E-state index in [9.17, 15) is 19.1 Å². The van der Waals surface area contributed by atoms with Gasteiger partial charge in [-0.1, -0.05) is 35.0 Å². The van der Waals surface area contributed by atoms with Crippen LogP contribution in [-0.2, 0) is 16.0 Å². The number of anilines is 1. The minimum Gasteiger partial charge on any atom is -0.479 e. The Kier molecular flexibility index (Phi) is 6.63. The molecule has 1 unspecified atom stereocenters. The van der Waals surface area contributed by atoms with Crippen molar-refractivity contribution < 1.29 is 23.8 Å². The number of carbonyl (C=O) groups is 2. The Morgan fingerprint density at radius 1 is 1.11 bits per heavy atom. The van der Waals surface area contributed by atoms with E-state index in [1.807, 2.05) is 12.1 Å². The fourth-order valence-electron chi connectivity index (χ4n) is 5.06. The molecule has 0 saturated carbocycles. The van der Waals surface area contributed by atoms with Gasteiger partial charge in [0.15, 0.2) is 17.6 Å². The number of carbonyl (C=O) groups excluding carboxylic acids is 1. The number of hydrogen-bond donors (Lipinski definition) is 1. The second kappa shape index (κ2) is 9.87. The molecular weight excluding hydrogens is 489 g/mol. The summed E-state index contributed by atoms with van der Waals surface area (Å²) in [6.45, 7) is 1.84. The standard InChI is InChI=1S/C25H25ClFN5O4/c1-36-15-8-11-30(12-9-15)20-6-2-4-17-16(20)10-13-31(23(17)25(34)35)24(33)19-14-32(29-28-19)21-7-3-5-18(26)22(21)27/h2-7,14-15,23H,8-13H2,1H3,(H,34,35). The normalized spacial score (nSPS) is 18.2. The Hall–Kier alpha value is -3.50. The minimum atomic E-state index is -1.18. The summed E-state index contributed by atoms with van der Waals surface area (Å²) in [4.78, 5) is 29.3. The number of amides is 1. The molecule has 188 valence electrons. The van der Waals surface area contributed by atoms with Crippen LogP contribution in [-0.4, -0.2) is 69.7 Å². The van der Waals surface area contributed by atoms with Crippen molar-refractivity contribution in [2.75, 3.05) is 31.6 Å². The first-order valence-electron chi connectivity index (χ1n) is 11.7. The molecule has 0 bridgehead atoms. The molecule has 0 aliphatic carbocycles. The summed E-state index contributed by atoms with van der Waals surface area (Å²) < 4.78 is 21.0. The molecule has 0 radical (unpaired) electrons. The fraction of sp³-hybridized carbons (Fsp3) is 0.360. The molecule has 5 rings (SSSR count). The van der Waals surface area contributed by atoms with Gasteiger partial charge in [-0.05, 0) is 48.6 Å². The van der Waals surface area contributed by atoms with Gasteiger partial charge in [0.2, 0.25) is 0 Å². The van der Waals surface area contributed by atoms with Crippen molar-refractivity contribution in [2.24, 2.45) is 0 Å². The van der Waals surface area contributed by atoms with Crippen LogP contribution >= 0.6 is 11.6 Å². The average molecular weight is 514 g/mol. The van der Waals surface area contributed by atoms with Crippen LogP contribution in [0.2, 0.25) is 5.02 Å². The number of carboxylic acid groups (broad SMARTS) is 1. The molecule has 1 amide bonds. The topological polar surface area (TPSA) is 101 Å². The highest BCUT2D eigenvalue weighted by Crippen LogP contribution is 2.37. The molecule has 11 heteroatoms. The quantitative estimate of drug-likeness (QED) is 0.557. The Balaban J connectivity index is 1.43. The van der Waals surface area contributed by atoms with Crippen LogP contribution in [0.25, 0.3) is 5.69 Å². The summed E-state index contributed by atoms with van der Waals surface area (Å²) in [5.74, 6) is -2.42. The van der Waals surface area contributed by atoms with Gasteiger partial charge >= 0.3 is 5.97 Å². The van der Waals surface area contributed by atoms with Crippen molar-refractivity contribution in [1.82, 2.24) is 19.9 Å². The summed E-state index contributed by atoms with van der Waals surface area (Å²) in [6, 6.07) is 8.84. The number of piperidine rings is 1. The maximum absolute atomic E-state index is 14.4. The number of aromatic nitrogens is 3. The molecule has 1 atom stereocenters. The molecular formula is C25H25ClFN5O4. The lowest BCUT2D eigenvalue weighted by molar-refractivity contribution is -0.143. The van der Waals surface area contributed by atoms with Crippen LogP contribution in [0.4, 0.5) is 10.1 Å². The van der Waals surface area contributed by atoms with Gasteiger partial charge in [-0.25, -0.2) is 13.9 Å². The molecule has 1 aromatic heterocycles. The lowest BCUT2D eigenvalue weighted by Crippen LogP contribution is -2.44. The number of nitrogens with zero attached hydrogens (tertiary/aromatic N) is 5. The third-order valence-corrected chi connectivity index (χ3v) is 7.19. The lowest BCUT2D eigenvalue weighted by Gasteiger charge is -2.39. The van der Waals surface area contributed by atoms with E-state index in [0.29, 0.717) is 12.0 Å². The molecule has 3 aromatic rings. The van der Waals surface area contributed by atoms with E-state index in [2.05, 4.69) is 15.2 Å². The van der Waals surface area contributed by atoms with Gasteiger partial charge in [0.05, 0.1) is 17.3 Å². The molecule has 2 aromatic carbocycles. The molecule has 1 saturated heterocycles. The first-order valence-corrected chi connectivity index (χ1v) is 12.1. The SMILES string of the molecule is COC1CCN(c2cccc3c2CCN(C(=O)c2cn(-c4cccc(Cl)c4F)nn2)C3C(=O)O)CC1. The summed E-state index contributed by atoms with van der Waals surface area (Å²) in [5.41, 5.74) is 2.48. The monoisotopic (exact) mass is 513 g/mol. The van der Waals surface area contributed by atoms with Crippen LogP contribution < -0.4 is 4.90 Å². The van der Waals surface area contributed by atoms with Gasteiger partial charge in [-0.15, -0.1) is 5.10 Å². The number of hydrogen-bond acceptors (Lipinski definition) is 6. The van der Waals surface area contributed by atoms with Crippen molar-refractivity contribution in [2.45, 2.75) is 31.4 Å². The van der Waals surface area contributed by atoms with Crippen LogP contribution in [0.1, 0.15) is 40.5 Å². The van der Waals surface area contributed by atoms with E-state index in [1.54, 1.807) is 19.2 Å². The van der Waals surface area contributed by atoms with Crippen LogP contribution in [0, 0.1) is 5.82 Å². The number of methoxy groups -OCH3 is 1. The van der Waals surface area contributed by atoms with Crippen molar-refractivity contribution in [1.29, 1.82) is 0 Å². The van der Waals surface area contributed by atoms with E-state index >= 15 is 0 Å². The van der Waals surface area contributed by atoms with E-state index in [0.717, 1.165) is 41.9 Å². The number of benzene rings is 2. The molecule has 1 N–H and O–H groups in total. The zero-order valence-electron chi connectivity index (χ0n) is 19.6. The molecule has 0 spiro atoms. The first kappa shape index (κ1) is 24.2. The van der Waals surface area contributed by atoms with Crippen molar-refractivity contribution in [3.8, 4) is 5.69 Å². The largest absolute Gasteiger partial charge is 0.479 e. The van der Waals surface area contributed by atoms with Gasteiger partial charge in [0, 0.05) is 32.4 Å². The summed E-state index contributed by atoms with van der Waals surface area (Å²) >= 11 is 5.85. The summed E-state index contributed by atoms with van der Waals surface area (Å²) in [7, 11) is 1.72. The maximum Gasteiger partial charge on any atom is 0.331 e.